The maximum atomic E-state index is 9.35. The minimum Gasteiger partial charge on any atom is -0.368 e. The van der Waals surface area contributed by atoms with Crippen molar-refractivity contribution in [1.29, 1.82) is 5.26 Å². The normalized spacial score (nSPS) is 15.1. The Labute approximate surface area is 166 Å². The molecule has 0 bridgehead atoms. The van der Waals surface area contributed by atoms with E-state index >= 15 is 0 Å². The lowest BCUT2D eigenvalue weighted by Crippen LogP contribution is -2.47. The zero-order valence-electron chi connectivity index (χ0n) is 16.5. The van der Waals surface area contributed by atoms with E-state index in [9.17, 15) is 5.26 Å². The fourth-order valence-electron chi connectivity index (χ4n) is 4.09. The van der Waals surface area contributed by atoms with Crippen molar-refractivity contribution in [1.82, 2.24) is 14.5 Å². The molecule has 28 heavy (non-hydrogen) atoms. The van der Waals surface area contributed by atoms with Gasteiger partial charge in [-0.05, 0) is 30.7 Å². The largest absolute Gasteiger partial charge is 0.368 e. The highest BCUT2D eigenvalue weighted by Crippen LogP contribution is 2.21. The average Bonchev–Trinajstić information content (AvgIpc) is 3.10. The molecule has 0 atom stereocenters. The number of anilines is 1. The van der Waals surface area contributed by atoms with Crippen molar-refractivity contribution in [3.63, 3.8) is 0 Å². The van der Waals surface area contributed by atoms with E-state index in [1.807, 2.05) is 18.2 Å². The molecular weight excluding hydrogens is 346 g/mol. The Bertz CT molecular complexity index is 976. The number of benzene rings is 2. The van der Waals surface area contributed by atoms with Gasteiger partial charge in [0.15, 0.2) is 0 Å². The SMILES string of the molecule is CCCc1nc2ccccc2n1CCN1CCN(c2ccccc2C#N)CC1. The molecule has 0 aliphatic carbocycles. The number of rotatable bonds is 6. The highest BCUT2D eigenvalue weighted by atomic mass is 15.3. The molecule has 1 aliphatic heterocycles. The molecule has 0 radical (unpaired) electrons. The Morgan fingerprint density at radius 1 is 0.964 bits per heavy atom. The fourth-order valence-corrected chi connectivity index (χ4v) is 4.09. The summed E-state index contributed by atoms with van der Waals surface area (Å²) in [6.07, 6.45) is 2.13. The molecule has 0 amide bonds. The van der Waals surface area contributed by atoms with Crippen molar-refractivity contribution in [2.45, 2.75) is 26.3 Å². The van der Waals surface area contributed by atoms with Gasteiger partial charge in [0.1, 0.15) is 11.9 Å². The summed E-state index contributed by atoms with van der Waals surface area (Å²) in [5, 5.41) is 9.35. The predicted molar refractivity (Wildman–Crippen MR) is 114 cm³/mol. The Hall–Kier alpha value is -2.84. The van der Waals surface area contributed by atoms with Crippen molar-refractivity contribution in [3.8, 4) is 6.07 Å². The molecule has 0 saturated carbocycles. The molecule has 1 aromatic heterocycles. The molecule has 5 nitrogen and oxygen atoms in total. The van der Waals surface area contributed by atoms with Crippen LogP contribution in [0.15, 0.2) is 48.5 Å². The lowest BCUT2D eigenvalue weighted by molar-refractivity contribution is 0.248. The summed E-state index contributed by atoms with van der Waals surface area (Å²) < 4.78 is 2.40. The van der Waals surface area contributed by atoms with Crippen LogP contribution in [0.3, 0.4) is 0 Å². The lowest BCUT2D eigenvalue weighted by atomic mass is 10.1. The molecule has 144 valence electrons. The molecule has 2 heterocycles. The minimum atomic E-state index is 0.769. The third-order valence-corrected chi connectivity index (χ3v) is 5.58. The van der Waals surface area contributed by atoms with Gasteiger partial charge < -0.3 is 9.47 Å². The summed E-state index contributed by atoms with van der Waals surface area (Å²) >= 11 is 0. The van der Waals surface area contributed by atoms with Crippen molar-refractivity contribution in [2.24, 2.45) is 0 Å². The zero-order chi connectivity index (χ0) is 19.3. The summed E-state index contributed by atoms with van der Waals surface area (Å²) in [5.41, 5.74) is 4.18. The Kier molecular flexibility index (Phi) is 5.59. The number of fused-ring (bicyclic) bond motifs is 1. The second kappa shape index (κ2) is 8.45. The van der Waals surface area contributed by atoms with E-state index in [0.717, 1.165) is 68.9 Å². The number of aromatic nitrogens is 2. The van der Waals surface area contributed by atoms with E-state index in [1.54, 1.807) is 0 Å². The summed E-state index contributed by atoms with van der Waals surface area (Å²) in [6, 6.07) is 18.7. The minimum absolute atomic E-state index is 0.769. The first kappa shape index (κ1) is 18.5. The van der Waals surface area contributed by atoms with Crippen LogP contribution in [-0.4, -0.2) is 47.2 Å². The zero-order valence-corrected chi connectivity index (χ0v) is 16.5. The topological polar surface area (TPSA) is 48.1 Å². The maximum Gasteiger partial charge on any atom is 0.109 e. The molecule has 0 spiro atoms. The molecule has 4 rings (SSSR count). The molecule has 1 aliphatic rings. The third-order valence-electron chi connectivity index (χ3n) is 5.58. The van der Waals surface area contributed by atoms with Crippen molar-refractivity contribution in [3.05, 3.63) is 59.9 Å². The van der Waals surface area contributed by atoms with E-state index in [4.69, 9.17) is 4.98 Å². The van der Waals surface area contributed by atoms with Gasteiger partial charge in [0, 0.05) is 45.7 Å². The van der Waals surface area contributed by atoms with Gasteiger partial charge in [0.05, 0.1) is 22.3 Å². The number of nitriles is 1. The van der Waals surface area contributed by atoms with Crippen LogP contribution < -0.4 is 4.90 Å². The number of nitrogens with zero attached hydrogens (tertiary/aromatic N) is 5. The van der Waals surface area contributed by atoms with Crippen molar-refractivity contribution < 1.29 is 0 Å². The lowest BCUT2D eigenvalue weighted by Gasteiger charge is -2.36. The van der Waals surface area contributed by atoms with Gasteiger partial charge in [-0.1, -0.05) is 31.2 Å². The maximum absolute atomic E-state index is 9.35. The van der Waals surface area contributed by atoms with Crippen molar-refractivity contribution in [2.75, 3.05) is 37.6 Å². The summed E-state index contributed by atoms with van der Waals surface area (Å²) in [5.74, 6) is 1.20. The number of aryl methyl sites for hydroxylation is 1. The third kappa shape index (κ3) is 3.74. The molecule has 0 N–H and O–H groups in total. The smallest absolute Gasteiger partial charge is 0.109 e. The van der Waals surface area contributed by atoms with E-state index in [0.29, 0.717) is 0 Å². The second-order valence-electron chi connectivity index (χ2n) is 7.38. The van der Waals surface area contributed by atoms with E-state index in [2.05, 4.69) is 57.7 Å². The van der Waals surface area contributed by atoms with Gasteiger partial charge in [-0.15, -0.1) is 0 Å². The molecule has 1 fully saturated rings. The first-order valence-electron chi connectivity index (χ1n) is 10.2. The molecular formula is C23H27N5. The summed E-state index contributed by atoms with van der Waals surface area (Å²) in [4.78, 5) is 9.70. The molecule has 3 aromatic rings. The van der Waals surface area contributed by atoms with Crippen LogP contribution in [0.25, 0.3) is 11.0 Å². The molecule has 2 aromatic carbocycles. The Morgan fingerprint density at radius 3 is 2.50 bits per heavy atom. The first-order valence-corrected chi connectivity index (χ1v) is 10.2. The number of para-hydroxylation sites is 3. The first-order chi connectivity index (χ1) is 13.8. The number of imidazole rings is 1. The predicted octanol–water partition coefficient (Wildman–Crippen LogP) is 3.68. The molecule has 5 heteroatoms. The van der Waals surface area contributed by atoms with E-state index in [1.165, 1.54) is 11.3 Å². The van der Waals surface area contributed by atoms with Gasteiger partial charge in [0.2, 0.25) is 0 Å². The van der Waals surface area contributed by atoms with Crippen LogP contribution in [0.4, 0.5) is 5.69 Å². The van der Waals surface area contributed by atoms with Crippen LogP contribution in [0.2, 0.25) is 0 Å². The van der Waals surface area contributed by atoms with Crippen LogP contribution in [-0.2, 0) is 13.0 Å². The van der Waals surface area contributed by atoms with Gasteiger partial charge in [0.25, 0.3) is 0 Å². The van der Waals surface area contributed by atoms with Crippen LogP contribution >= 0.6 is 0 Å². The molecule has 1 saturated heterocycles. The van der Waals surface area contributed by atoms with E-state index < -0.39 is 0 Å². The Morgan fingerprint density at radius 2 is 1.71 bits per heavy atom. The van der Waals surface area contributed by atoms with Gasteiger partial charge in [-0.25, -0.2) is 4.98 Å². The van der Waals surface area contributed by atoms with Gasteiger partial charge in [-0.3, -0.25) is 4.90 Å². The Balaban J connectivity index is 1.40. The fraction of sp³-hybridized carbons (Fsp3) is 0.391. The molecule has 0 unspecified atom stereocenters. The quantitative estimate of drug-likeness (QED) is 0.661. The van der Waals surface area contributed by atoms with Crippen LogP contribution in [0, 0.1) is 11.3 Å². The number of piperazine rings is 1. The number of hydrogen-bond donors (Lipinski definition) is 0. The number of hydrogen-bond acceptors (Lipinski definition) is 4. The van der Waals surface area contributed by atoms with Gasteiger partial charge >= 0.3 is 0 Å². The second-order valence-corrected chi connectivity index (χ2v) is 7.38. The average molecular weight is 374 g/mol. The van der Waals surface area contributed by atoms with Crippen LogP contribution in [0.5, 0.6) is 0 Å². The van der Waals surface area contributed by atoms with E-state index in [-0.39, 0.29) is 0 Å². The van der Waals surface area contributed by atoms with Crippen LogP contribution in [0.1, 0.15) is 24.7 Å². The standard InChI is InChI=1S/C23H27N5/c1-2-7-23-25-20-9-4-6-11-22(20)28(23)17-14-26-12-15-27(16-13-26)21-10-5-3-8-19(21)18-24/h3-6,8-11H,2,7,12-17H2,1H3. The summed E-state index contributed by atoms with van der Waals surface area (Å²) in [7, 11) is 0. The summed E-state index contributed by atoms with van der Waals surface area (Å²) in [6.45, 7) is 8.19. The highest BCUT2D eigenvalue weighted by molar-refractivity contribution is 5.75. The van der Waals surface area contributed by atoms with Crippen molar-refractivity contribution >= 4 is 16.7 Å². The highest BCUT2D eigenvalue weighted by Gasteiger charge is 2.19. The monoisotopic (exact) mass is 373 g/mol. The van der Waals surface area contributed by atoms with Gasteiger partial charge in [-0.2, -0.15) is 5.26 Å².